The lowest BCUT2D eigenvalue weighted by Gasteiger charge is -2.22. The maximum atomic E-state index is 12.6. The first-order valence-corrected chi connectivity index (χ1v) is 9.75. The largest absolute Gasteiger partial charge is 0.485 e. The highest BCUT2D eigenvalue weighted by Gasteiger charge is 2.30. The molecule has 2 aromatic rings. The Kier molecular flexibility index (Phi) is 4.61. The standard InChI is InChI=1S/C19H23N3O2S/c1-14-6-7-17(25-14)19(23)22-12-8-15(13-22)24-16-5-4-9-20-18(16)21-10-2-3-11-21/h4-7,9,15H,2-3,8,10-13H2,1H3. The van der Waals surface area contributed by atoms with E-state index in [1.807, 2.05) is 42.3 Å². The van der Waals surface area contributed by atoms with Crippen LogP contribution in [0.25, 0.3) is 0 Å². The van der Waals surface area contributed by atoms with E-state index in [0.29, 0.717) is 6.54 Å². The molecule has 6 heteroatoms. The lowest BCUT2D eigenvalue weighted by molar-refractivity contribution is 0.0777. The summed E-state index contributed by atoms with van der Waals surface area (Å²) < 4.78 is 6.25. The molecular formula is C19H23N3O2S. The van der Waals surface area contributed by atoms with Gasteiger partial charge in [-0.15, -0.1) is 11.3 Å². The molecule has 1 unspecified atom stereocenters. The fourth-order valence-corrected chi connectivity index (χ4v) is 4.37. The molecule has 4 heterocycles. The van der Waals surface area contributed by atoms with Gasteiger partial charge in [-0.1, -0.05) is 0 Å². The summed E-state index contributed by atoms with van der Waals surface area (Å²) in [5.41, 5.74) is 0. The zero-order chi connectivity index (χ0) is 17.2. The number of nitrogens with zero attached hydrogens (tertiary/aromatic N) is 3. The van der Waals surface area contributed by atoms with Crippen molar-refractivity contribution in [3.63, 3.8) is 0 Å². The summed E-state index contributed by atoms with van der Waals surface area (Å²) in [5, 5.41) is 0. The van der Waals surface area contributed by atoms with Crippen LogP contribution in [0.2, 0.25) is 0 Å². The van der Waals surface area contributed by atoms with Gasteiger partial charge >= 0.3 is 0 Å². The van der Waals surface area contributed by atoms with Gasteiger partial charge in [-0.2, -0.15) is 0 Å². The average Bonchev–Trinajstić information content (AvgIpc) is 3.36. The van der Waals surface area contributed by atoms with E-state index in [4.69, 9.17) is 4.74 Å². The summed E-state index contributed by atoms with van der Waals surface area (Å²) in [6, 6.07) is 7.83. The number of anilines is 1. The number of carbonyl (C=O) groups excluding carboxylic acids is 1. The van der Waals surface area contributed by atoms with Crippen LogP contribution in [0.1, 0.15) is 33.8 Å². The Labute approximate surface area is 152 Å². The van der Waals surface area contributed by atoms with Gasteiger partial charge in [-0.05, 0) is 44.0 Å². The lowest BCUT2D eigenvalue weighted by atomic mass is 10.3. The Bertz CT molecular complexity index is 755. The van der Waals surface area contributed by atoms with Gasteiger partial charge in [0.2, 0.25) is 0 Å². The molecule has 5 nitrogen and oxygen atoms in total. The quantitative estimate of drug-likeness (QED) is 0.842. The molecule has 2 aliphatic heterocycles. The highest BCUT2D eigenvalue weighted by atomic mass is 32.1. The highest BCUT2D eigenvalue weighted by molar-refractivity contribution is 7.13. The molecule has 1 atom stereocenters. The average molecular weight is 357 g/mol. The number of amides is 1. The van der Waals surface area contributed by atoms with Crippen LogP contribution in [0.15, 0.2) is 30.5 Å². The number of pyridine rings is 1. The summed E-state index contributed by atoms with van der Waals surface area (Å²) in [6.45, 7) is 5.50. The first-order chi connectivity index (χ1) is 12.2. The third-order valence-electron chi connectivity index (χ3n) is 4.83. The molecule has 0 spiro atoms. The lowest BCUT2D eigenvalue weighted by Crippen LogP contribution is -2.30. The summed E-state index contributed by atoms with van der Waals surface area (Å²) in [6.07, 6.45) is 5.15. The minimum atomic E-state index is 0.0376. The summed E-state index contributed by atoms with van der Waals surface area (Å²) in [7, 11) is 0. The molecule has 0 bridgehead atoms. The second-order valence-electron chi connectivity index (χ2n) is 6.71. The van der Waals surface area contributed by atoms with Gasteiger partial charge < -0.3 is 14.5 Å². The van der Waals surface area contributed by atoms with Crippen molar-refractivity contribution in [2.75, 3.05) is 31.1 Å². The number of rotatable bonds is 4. The van der Waals surface area contributed by atoms with Crippen LogP contribution < -0.4 is 9.64 Å². The minimum absolute atomic E-state index is 0.0376. The molecule has 0 aliphatic carbocycles. The highest BCUT2D eigenvalue weighted by Crippen LogP contribution is 2.30. The van der Waals surface area contributed by atoms with Gasteiger partial charge in [0.05, 0.1) is 11.4 Å². The zero-order valence-electron chi connectivity index (χ0n) is 14.5. The van der Waals surface area contributed by atoms with E-state index in [1.165, 1.54) is 17.7 Å². The Hall–Kier alpha value is -2.08. The maximum Gasteiger partial charge on any atom is 0.264 e. The van der Waals surface area contributed by atoms with Crippen molar-refractivity contribution in [3.8, 4) is 5.75 Å². The number of likely N-dealkylation sites (tertiary alicyclic amines) is 1. The zero-order valence-corrected chi connectivity index (χ0v) is 15.3. The van der Waals surface area contributed by atoms with Crippen molar-refractivity contribution >= 4 is 23.1 Å². The van der Waals surface area contributed by atoms with E-state index in [-0.39, 0.29) is 12.0 Å². The number of aromatic nitrogens is 1. The minimum Gasteiger partial charge on any atom is -0.485 e. The van der Waals surface area contributed by atoms with E-state index in [2.05, 4.69) is 9.88 Å². The van der Waals surface area contributed by atoms with E-state index >= 15 is 0 Å². The third-order valence-corrected chi connectivity index (χ3v) is 5.82. The van der Waals surface area contributed by atoms with E-state index in [9.17, 15) is 4.79 Å². The summed E-state index contributed by atoms with van der Waals surface area (Å²) in [5.74, 6) is 1.91. The Morgan fingerprint density at radius 3 is 2.84 bits per heavy atom. The number of carbonyl (C=O) groups is 1. The fourth-order valence-electron chi connectivity index (χ4n) is 3.53. The van der Waals surface area contributed by atoms with E-state index in [0.717, 1.165) is 42.5 Å². The first kappa shape index (κ1) is 16.4. The SMILES string of the molecule is Cc1ccc(C(=O)N2CCC(Oc3cccnc3N3CCCC3)C2)s1. The predicted molar refractivity (Wildman–Crippen MR) is 99.7 cm³/mol. The molecule has 2 aliphatic rings. The van der Waals surface area contributed by atoms with Crippen molar-refractivity contribution in [2.45, 2.75) is 32.3 Å². The van der Waals surface area contributed by atoms with Crippen LogP contribution in [0, 0.1) is 6.92 Å². The van der Waals surface area contributed by atoms with Crippen LogP contribution in [0.5, 0.6) is 5.75 Å². The second kappa shape index (κ2) is 7.04. The first-order valence-electron chi connectivity index (χ1n) is 8.93. The Morgan fingerprint density at radius 1 is 1.24 bits per heavy atom. The molecule has 25 heavy (non-hydrogen) atoms. The van der Waals surface area contributed by atoms with Gasteiger partial charge in [0.25, 0.3) is 5.91 Å². The van der Waals surface area contributed by atoms with E-state index < -0.39 is 0 Å². The normalized spacial score (nSPS) is 20.3. The number of aryl methyl sites for hydroxylation is 1. The molecule has 2 fully saturated rings. The molecule has 1 amide bonds. The van der Waals surface area contributed by atoms with Gasteiger partial charge in [0.15, 0.2) is 11.6 Å². The molecular weight excluding hydrogens is 334 g/mol. The number of hydrogen-bond acceptors (Lipinski definition) is 5. The molecule has 0 saturated carbocycles. The molecule has 132 valence electrons. The Morgan fingerprint density at radius 2 is 2.08 bits per heavy atom. The van der Waals surface area contributed by atoms with Gasteiger partial charge in [-0.3, -0.25) is 4.79 Å². The summed E-state index contributed by atoms with van der Waals surface area (Å²) >= 11 is 1.56. The fraction of sp³-hybridized carbons (Fsp3) is 0.474. The smallest absolute Gasteiger partial charge is 0.264 e. The second-order valence-corrected chi connectivity index (χ2v) is 8.00. The predicted octanol–water partition coefficient (Wildman–Crippen LogP) is 3.35. The van der Waals surface area contributed by atoms with Crippen molar-refractivity contribution in [3.05, 3.63) is 40.2 Å². The number of ether oxygens (including phenoxy) is 1. The molecule has 0 aromatic carbocycles. The van der Waals surface area contributed by atoms with E-state index in [1.54, 1.807) is 11.3 Å². The topological polar surface area (TPSA) is 45.7 Å². The molecule has 0 radical (unpaired) electrons. The Balaban J connectivity index is 1.42. The maximum absolute atomic E-state index is 12.6. The van der Waals surface area contributed by atoms with Crippen molar-refractivity contribution in [1.29, 1.82) is 0 Å². The monoisotopic (exact) mass is 357 g/mol. The van der Waals surface area contributed by atoms with Crippen molar-refractivity contribution in [2.24, 2.45) is 0 Å². The molecule has 2 saturated heterocycles. The van der Waals surface area contributed by atoms with Gasteiger partial charge in [-0.25, -0.2) is 4.98 Å². The van der Waals surface area contributed by atoms with Crippen LogP contribution in [0.3, 0.4) is 0 Å². The third kappa shape index (κ3) is 3.49. The molecule has 4 rings (SSSR count). The molecule has 2 aromatic heterocycles. The van der Waals surface area contributed by atoms with Crippen LogP contribution in [-0.4, -0.2) is 48.1 Å². The van der Waals surface area contributed by atoms with Crippen LogP contribution in [-0.2, 0) is 0 Å². The van der Waals surface area contributed by atoms with Crippen LogP contribution >= 0.6 is 11.3 Å². The van der Waals surface area contributed by atoms with Gasteiger partial charge in [0, 0.05) is 37.1 Å². The number of thiophene rings is 1. The molecule has 0 N–H and O–H groups in total. The van der Waals surface area contributed by atoms with Crippen molar-refractivity contribution < 1.29 is 9.53 Å². The van der Waals surface area contributed by atoms with Crippen LogP contribution in [0.4, 0.5) is 5.82 Å². The number of hydrogen-bond donors (Lipinski definition) is 0. The van der Waals surface area contributed by atoms with Gasteiger partial charge in [0.1, 0.15) is 6.10 Å². The summed E-state index contributed by atoms with van der Waals surface area (Å²) in [4.78, 5) is 23.3. The van der Waals surface area contributed by atoms with Crippen molar-refractivity contribution in [1.82, 2.24) is 9.88 Å².